The maximum atomic E-state index is 9.08. The molecule has 0 unspecified atom stereocenters. The summed E-state index contributed by atoms with van der Waals surface area (Å²) in [6.07, 6.45) is 0. The van der Waals surface area contributed by atoms with E-state index in [4.69, 9.17) is 21.0 Å². The van der Waals surface area contributed by atoms with Crippen LogP contribution in [0.5, 0.6) is 11.5 Å². The molecular weight excluding hydrogens is 336 g/mol. The number of aryl methyl sites for hydroxylation is 2. The maximum absolute atomic E-state index is 9.08. The fraction of sp³-hybridized carbons (Fsp3) is 0.0909. The highest BCUT2D eigenvalue weighted by Crippen LogP contribution is 2.33. The molecule has 0 radical (unpaired) electrons. The first-order valence-electron chi connectivity index (χ1n) is 8.36. The summed E-state index contributed by atoms with van der Waals surface area (Å²) < 4.78 is 6.06. The van der Waals surface area contributed by atoms with Gasteiger partial charge in [0, 0.05) is 11.8 Å². The number of hydrogen-bond donors (Lipinski definition) is 2. The van der Waals surface area contributed by atoms with Crippen LogP contribution in [0.2, 0.25) is 0 Å². The van der Waals surface area contributed by atoms with E-state index < -0.39 is 0 Å². The number of nitriles is 2. The van der Waals surface area contributed by atoms with E-state index in [1.54, 1.807) is 36.4 Å². The number of nitrogens with zero attached hydrogens (tertiary/aromatic N) is 2. The number of ether oxygens (including phenoxy) is 1. The molecule has 3 aromatic rings. The molecule has 0 atom stereocenters. The largest absolute Gasteiger partial charge is 0.457 e. The van der Waals surface area contributed by atoms with Gasteiger partial charge in [0.25, 0.3) is 0 Å². The molecule has 5 nitrogen and oxygen atoms in total. The number of anilines is 3. The zero-order chi connectivity index (χ0) is 19.4. The first-order valence-corrected chi connectivity index (χ1v) is 8.36. The molecule has 0 saturated carbocycles. The SMILES string of the molecule is Cc1cc(C#N)cc(C)c1Oc1ccc(N)c(Nc2ccc(C#N)cc2)c1. The Morgan fingerprint density at radius 1 is 0.852 bits per heavy atom. The summed E-state index contributed by atoms with van der Waals surface area (Å²) in [5, 5.41) is 21.2. The van der Waals surface area contributed by atoms with E-state index >= 15 is 0 Å². The van der Waals surface area contributed by atoms with Crippen LogP contribution in [0.25, 0.3) is 0 Å². The van der Waals surface area contributed by atoms with Gasteiger partial charge in [-0.3, -0.25) is 0 Å². The first kappa shape index (κ1) is 17.8. The topological polar surface area (TPSA) is 94.9 Å². The van der Waals surface area contributed by atoms with Crippen molar-refractivity contribution in [1.82, 2.24) is 0 Å². The molecule has 0 aliphatic carbocycles. The van der Waals surface area contributed by atoms with E-state index in [1.807, 2.05) is 32.0 Å². The number of nitrogens with one attached hydrogen (secondary N) is 1. The van der Waals surface area contributed by atoms with E-state index in [-0.39, 0.29) is 0 Å². The molecule has 0 heterocycles. The Morgan fingerprint density at radius 2 is 1.48 bits per heavy atom. The molecule has 3 rings (SSSR count). The van der Waals surface area contributed by atoms with Crippen molar-refractivity contribution in [2.75, 3.05) is 11.1 Å². The van der Waals surface area contributed by atoms with E-state index in [0.717, 1.165) is 22.6 Å². The zero-order valence-corrected chi connectivity index (χ0v) is 15.1. The minimum Gasteiger partial charge on any atom is -0.457 e. The normalized spacial score (nSPS) is 9.93. The number of hydrogen-bond acceptors (Lipinski definition) is 5. The van der Waals surface area contributed by atoms with Crippen LogP contribution in [0.4, 0.5) is 17.1 Å². The number of benzene rings is 3. The quantitative estimate of drug-likeness (QED) is 0.631. The van der Waals surface area contributed by atoms with Gasteiger partial charge in [-0.1, -0.05) is 0 Å². The highest BCUT2D eigenvalue weighted by atomic mass is 16.5. The molecule has 0 saturated heterocycles. The van der Waals surface area contributed by atoms with Crippen molar-refractivity contribution < 1.29 is 4.74 Å². The molecule has 0 amide bonds. The summed E-state index contributed by atoms with van der Waals surface area (Å²) in [5.74, 6) is 1.36. The van der Waals surface area contributed by atoms with Crippen molar-refractivity contribution in [3.8, 4) is 23.6 Å². The minimum atomic E-state index is 0.583. The predicted octanol–water partition coefficient (Wildman–Crippen LogP) is 5.16. The summed E-state index contributed by atoms with van der Waals surface area (Å²) >= 11 is 0. The van der Waals surface area contributed by atoms with Crippen LogP contribution in [0.1, 0.15) is 22.3 Å². The van der Waals surface area contributed by atoms with Crippen LogP contribution in [0.3, 0.4) is 0 Å². The van der Waals surface area contributed by atoms with Crippen molar-refractivity contribution >= 4 is 17.1 Å². The highest BCUT2D eigenvalue weighted by Gasteiger charge is 2.10. The van der Waals surface area contributed by atoms with Gasteiger partial charge in [-0.2, -0.15) is 10.5 Å². The van der Waals surface area contributed by atoms with Crippen molar-refractivity contribution in [1.29, 1.82) is 10.5 Å². The van der Waals surface area contributed by atoms with Crippen LogP contribution in [-0.4, -0.2) is 0 Å². The number of nitrogens with two attached hydrogens (primary N) is 1. The molecule has 27 heavy (non-hydrogen) atoms. The molecule has 5 heteroatoms. The van der Waals surface area contributed by atoms with Gasteiger partial charge >= 0.3 is 0 Å². The highest BCUT2D eigenvalue weighted by molar-refractivity contribution is 5.74. The van der Waals surface area contributed by atoms with Gasteiger partial charge in [-0.25, -0.2) is 0 Å². The van der Waals surface area contributed by atoms with Crippen molar-refractivity contribution in [3.63, 3.8) is 0 Å². The van der Waals surface area contributed by atoms with E-state index in [0.29, 0.717) is 28.3 Å². The average molecular weight is 354 g/mol. The molecule has 0 fully saturated rings. The molecule has 0 bridgehead atoms. The van der Waals surface area contributed by atoms with E-state index in [2.05, 4.69) is 17.5 Å². The van der Waals surface area contributed by atoms with Crippen LogP contribution >= 0.6 is 0 Å². The first-order chi connectivity index (χ1) is 13.0. The maximum Gasteiger partial charge on any atom is 0.133 e. The lowest BCUT2D eigenvalue weighted by Gasteiger charge is -2.15. The minimum absolute atomic E-state index is 0.583. The third-order valence-corrected chi connectivity index (χ3v) is 4.13. The summed E-state index contributed by atoms with van der Waals surface area (Å²) in [5.41, 5.74) is 11.2. The second-order valence-corrected chi connectivity index (χ2v) is 6.22. The van der Waals surface area contributed by atoms with Gasteiger partial charge in [0.15, 0.2) is 0 Å². The monoisotopic (exact) mass is 354 g/mol. The average Bonchev–Trinajstić information content (AvgIpc) is 2.67. The van der Waals surface area contributed by atoms with Gasteiger partial charge in [0.05, 0.1) is 34.6 Å². The third kappa shape index (κ3) is 4.00. The molecule has 0 spiro atoms. The molecule has 0 aromatic heterocycles. The Kier molecular flexibility index (Phi) is 4.97. The van der Waals surface area contributed by atoms with Crippen LogP contribution in [0.15, 0.2) is 54.6 Å². The van der Waals surface area contributed by atoms with Crippen LogP contribution < -0.4 is 15.8 Å². The van der Waals surface area contributed by atoms with Crippen molar-refractivity contribution in [3.05, 3.63) is 76.9 Å². The van der Waals surface area contributed by atoms with Gasteiger partial charge in [-0.05, 0) is 73.5 Å². The fourth-order valence-electron chi connectivity index (χ4n) is 2.78. The molecule has 0 aliphatic rings. The standard InChI is InChI=1S/C22H18N4O/c1-14-9-17(13-24)10-15(2)22(14)27-19-7-8-20(25)21(11-19)26-18-5-3-16(12-23)4-6-18/h3-11,26H,25H2,1-2H3. The second kappa shape index (κ2) is 7.51. The van der Waals surface area contributed by atoms with Crippen molar-refractivity contribution in [2.45, 2.75) is 13.8 Å². The lowest BCUT2D eigenvalue weighted by atomic mass is 10.1. The van der Waals surface area contributed by atoms with Crippen molar-refractivity contribution in [2.24, 2.45) is 0 Å². The summed E-state index contributed by atoms with van der Waals surface area (Å²) in [7, 11) is 0. The van der Waals surface area contributed by atoms with Gasteiger partial charge < -0.3 is 15.8 Å². The van der Waals surface area contributed by atoms with E-state index in [1.165, 1.54) is 0 Å². The Labute approximate surface area is 158 Å². The second-order valence-electron chi connectivity index (χ2n) is 6.22. The van der Waals surface area contributed by atoms with Gasteiger partial charge in [0.2, 0.25) is 0 Å². The zero-order valence-electron chi connectivity index (χ0n) is 15.1. The number of nitrogen functional groups attached to an aromatic ring is 1. The molecular formula is C22H18N4O. The van der Waals surface area contributed by atoms with Gasteiger partial charge in [0.1, 0.15) is 11.5 Å². The smallest absolute Gasteiger partial charge is 0.133 e. The lowest BCUT2D eigenvalue weighted by Crippen LogP contribution is -1.98. The van der Waals surface area contributed by atoms with Crippen LogP contribution in [0, 0.1) is 36.5 Å². The van der Waals surface area contributed by atoms with Gasteiger partial charge in [-0.15, -0.1) is 0 Å². The Balaban J connectivity index is 1.87. The Morgan fingerprint density at radius 3 is 2.07 bits per heavy atom. The lowest BCUT2D eigenvalue weighted by molar-refractivity contribution is 0.475. The Hall–Kier alpha value is -3.96. The summed E-state index contributed by atoms with van der Waals surface area (Å²) in [6.45, 7) is 3.83. The molecule has 3 aromatic carbocycles. The van der Waals surface area contributed by atoms with E-state index in [9.17, 15) is 0 Å². The summed E-state index contributed by atoms with van der Waals surface area (Å²) in [6, 6.07) is 20.4. The number of rotatable bonds is 4. The molecule has 0 aliphatic heterocycles. The Bertz CT molecular complexity index is 1050. The van der Waals surface area contributed by atoms with Crippen LogP contribution in [-0.2, 0) is 0 Å². The molecule has 3 N–H and O–H groups in total. The fourth-order valence-corrected chi connectivity index (χ4v) is 2.78. The molecule has 132 valence electrons. The summed E-state index contributed by atoms with van der Waals surface area (Å²) in [4.78, 5) is 0. The predicted molar refractivity (Wildman–Crippen MR) is 106 cm³/mol. The third-order valence-electron chi connectivity index (χ3n) is 4.13.